The van der Waals surface area contributed by atoms with Gasteiger partial charge in [0.25, 0.3) is 5.91 Å². The molecule has 0 bridgehead atoms. The van der Waals surface area contributed by atoms with E-state index in [1.165, 1.54) is 36.0 Å². The largest absolute Gasteiger partial charge is 0.324 e. The van der Waals surface area contributed by atoms with Gasteiger partial charge in [-0.05, 0) is 87.7 Å². The summed E-state index contributed by atoms with van der Waals surface area (Å²) in [5.74, 6) is 0.967. The van der Waals surface area contributed by atoms with Crippen LogP contribution in [0.4, 0.5) is 0 Å². The number of imidazole rings is 1. The van der Waals surface area contributed by atoms with Gasteiger partial charge in [-0.15, -0.1) is 0 Å². The van der Waals surface area contributed by atoms with E-state index in [2.05, 4.69) is 100 Å². The van der Waals surface area contributed by atoms with Crippen molar-refractivity contribution in [3.05, 3.63) is 143 Å². The number of unbranched alkanes of at least 4 members (excludes halogenated alkanes) is 3. The predicted molar refractivity (Wildman–Crippen MR) is 204 cm³/mol. The van der Waals surface area contributed by atoms with Crippen molar-refractivity contribution in [1.82, 2.24) is 29.3 Å². The van der Waals surface area contributed by atoms with Gasteiger partial charge in [0.1, 0.15) is 11.3 Å². The van der Waals surface area contributed by atoms with Crippen molar-refractivity contribution in [2.75, 3.05) is 26.2 Å². The minimum absolute atomic E-state index is 0.0212. The molecule has 7 nitrogen and oxygen atoms in total. The summed E-state index contributed by atoms with van der Waals surface area (Å²) in [6.45, 7) is 11.0. The number of hydrogen-bond acceptors (Lipinski definition) is 5. The molecule has 3 aromatic heterocycles. The topological polar surface area (TPSA) is 67.2 Å². The average Bonchev–Trinajstić information content (AvgIpc) is 3.78. The van der Waals surface area contributed by atoms with E-state index in [1.807, 2.05) is 36.2 Å². The van der Waals surface area contributed by atoms with Gasteiger partial charge < -0.3 is 9.47 Å². The summed E-state index contributed by atoms with van der Waals surface area (Å²) >= 11 is 0. The Morgan fingerprint density at radius 3 is 2.44 bits per heavy atom. The second-order valence-corrected chi connectivity index (χ2v) is 13.5. The first kappa shape index (κ1) is 35.0. The number of aromatic nitrogens is 4. The van der Waals surface area contributed by atoms with Gasteiger partial charge in [-0.1, -0.05) is 86.4 Å². The van der Waals surface area contributed by atoms with Crippen molar-refractivity contribution in [3.8, 4) is 0 Å². The van der Waals surface area contributed by atoms with Crippen molar-refractivity contribution in [2.24, 2.45) is 0 Å². The van der Waals surface area contributed by atoms with E-state index in [0.29, 0.717) is 25.1 Å². The molecule has 5 aromatic rings. The quantitative estimate of drug-likeness (QED) is 0.105. The van der Waals surface area contributed by atoms with Gasteiger partial charge in [0.05, 0.1) is 17.4 Å². The Hall–Kier alpha value is -4.88. The lowest BCUT2D eigenvalue weighted by molar-refractivity contribution is 0.0819. The van der Waals surface area contributed by atoms with Crippen molar-refractivity contribution in [3.63, 3.8) is 0 Å². The van der Waals surface area contributed by atoms with E-state index in [-0.39, 0.29) is 5.91 Å². The molecule has 0 aliphatic carbocycles. The van der Waals surface area contributed by atoms with E-state index in [9.17, 15) is 4.79 Å². The summed E-state index contributed by atoms with van der Waals surface area (Å²) in [6.07, 6.45) is 17.6. The maximum absolute atomic E-state index is 13.8. The Bertz CT molecular complexity index is 1920. The lowest BCUT2D eigenvalue weighted by atomic mass is 10.00. The number of carbonyl (C=O) groups excluding carboxylic acids is 1. The molecule has 2 aromatic carbocycles. The molecule has 50 heavy (non-hydrogen) atoms. The number of likely N-dealkylation sites (tertiary alicyclic amines) is 1. The van der Waals surface area contributed by atoms with Crippen LogP contribution in [-0.2, 0) is 13.0 Å². The highest BCUT2D eigenvalue weighted by Gasteiger charge is 2.15. The Labute approximate surface area is 297 Å². The van der Waals surface area contributed by atoms with Gasteiger partial charge in [-0.2, -0.15) is 0 Å². The number of pyridine rings is 2. The molecule has 1 aliphatic rings. The van der Waals surface area contributed by atoms with Crippen LogP contribution in [-0.4, -0.2) is 61.4 Å². The number of aryl methyl sites for hydroxylation is 2. The van der Waals surface area contributed by atoms with Gasteiger partial charge in [0.2, 0.25) is 0 Å². The molecule has 1 saturated heterocycles. The number of nitrogens with zero attached hydrogens (tertiary/aromatic N) is 6. The van der Waals surface area contributed by atoms with Crippen LogP contribution in [0.1, 0.15) is 89.7 Å². The summed E-state index contributed by atoms with van der Waals surface area (Å²) < 4.78 is 2.19. The van der Waals surface area contributed by atoms with Gasteiger partial charge in [0.15, 0.2) is 0 Å². The Morgan fingerprint density at radius 1 is 0.880 bits per heavy atom. The van der Waals surface area contributed by atoms with E-state index in [0.717, 1.165) is 72.7 Å². The molecule has 0 spiro atoms. The maximum atomic E-state index is 13.8. The van der Waals surface area contributed by atoms with Crippen molar-refractivity contribution >= 4 is 22.5 Å². The summed E-state index contributed by atoms with van der Waals surface area (Å²) in [5, 5.41) is 0. The van der Waals surface area contributed by atoms with E-state index < -0.39 is 0 Å². The van der Waals surface area contributed by atoms with E-state index in [4.69, 9.17) is 4.98 Å². The van der Waals surface area contributed by atoms with Crippen LogP contribution in [0.25, 0.3) is 16.6 Å². The maximum Gasteiger partial charge on any atom is 0.257 e. The number of carbonyl (C=O) groups is 1. The van der Waals surface area contributed by atoms with E-state index in [1.54, 1.807) is 12.4 Å². The zero-order valence-electron chi connectivity index (χ0n) is 29.9. The zero-order chi connectivity index (χ0) is 34.7. The molecule has 7 heteroatoms. The number of allylic oxidation sites excluding steroid dienone is 1. The predicted octanol–water partition coefficient (Wildman–Crippen LogP) is 8.80. The van der Waals surface area contributed by atoms with Crippen LogP contribution in [0.2, 0.25) is 0 Å². The molecule has 0 unspecified atom stereocenters. The Morgan fingerprint density at radius 2 is 1.66 bits per heavy atom. The lowest BCUT2D eigenvalue weighted by Gasteiger charge is -2.19. The smallest absolute Gasteiger partial charge is 0.257 e. The highest BCUT2D eigenvalue weighted by atomic mass is 16.2. The van der Waals surface area contributed by atoms with Gasteiger partial charge >= 0.3 is 0 Å². The molecule has 1 fully saturated rings. The minimum Gasteiger partial charge on any atom is -0.324 e. The number of rotatable bonds is 15. The van der Waals surface area contributed by atoms with E-state index >= 15 is 0 Å². The molecular weight excluding hydrogens is 617 g/mol. The fourth-order valence-corrected chi connectivity index (χ4v) is 6.69. The number of benzene rings is 2. The summed E-state index contributed by atoms with van der Waals surface area (Å²) in [6, 6.07) is 25.0. The lowest BCUT2D eigenvalue weighted by Crippen LogP contribution is -2.27. The second-order valence-electron chi connectivity index (χ2n) is 13.5. The Balaban J connectivity index is 1.16. The third-order valence-electron chi connectivity index (χ3n) is 9.61. The van der Waals surface area contributed by atoms with Gasteiger partial charge in [0, 0.05) is 55.3 Å². The molecule has 0 radical (unpaired) electrons. The fraction of sp³-hybridized carbons (Fsp3) is 0.349. The molecule has 1 aliphatic heterocycles. The summed E-state index contributed by atoms with van der Waals surface area (Å²) in [4.78, 5) is 32.2. The average molecular weight is 667 g/mol. The molecule has 1 amide bonds. The first-order valence-electron chi connectivity index (χ1n) is 18.3. The van der Waals surface area contributed by atoms with Crippen LogP contribution < -0.4 is 0 Å². The second kappa shape index (κ2) is 17.2. The SMILES string of the molecule is CCCCCCN(C=CCc1cccc(C(=CCN2CCCC2)c2ccc(C)cc2)n1)C(=O)c1ccc(Cn2c(C)nc3cnccc32)cc1. The van der Waals surface area contributed by atoms with Crippen molar-refractivity contribution < 1.29 is 4.79 Å². The molecule has 0 saturated carbocycles. The third-order valence-corrected chi connectivity index (χ3v) is 9.61. The zero-order valence-corrected chi connectivity index (χ0v) is 29.9. The number of fused-ring (bicyclic) bond motifs is 1. The molecular formula is C43H50N6O. The molecule has 4 heterocycles. The number of hydrogen-bond donors (Lipinski definition) is 0. The first-order chi connectivity index (χ1) is 24.5. The van der Waals surface area contributed by atoms with Gasteiger partial charge in [-0.25, -0.2) is 4.98 Å². The third kappa shape index (κ3) is 9.01. The Kier molecular flexibility index (Phi) is 12.0. The van der Waals surface area contributed by atoms with Crippen molar-refractivity contribution in [2.45, 2.75) is 72.3 Å². The minimum atomic E-state index is 0.0212. The molecule has 0 atom stereocenters. The van der Waals surface area contributed by atoms with Crippen LogP contribution in [0, 0.1) is 13.8 Å². The number of amides is 1. The summed E-state index contributed by atoms with van der Waals surface area (Å²) in [7, 11) is 0. The van der Waals surface area contributed by atoms with Crippen LogP contribution in [0.3, 0.4) is 0 Å². The highest BCUT2D eigenvalue weighted by molar-refractivity contribution is 5.95. The molecule has 0 N–H and O–H groups in total. The highest BCUT2D eigenvalue weighted by Crippen LogP contribution is 2.24. The first-order valence-corrected chi connectivity index (χ1v) is 18.3. The molecule has 6 rings (SSSR count). The fourth-order valence-electron chi connectivity index (χ4n) is 6.69. The monoisotopic (exact) mass is 666 g/mol. The van der Waals surface area contributed by atoms with Gasteiger partial charge in [-0.3, -0.25) is 19.7 Å². The van der Waals surface area contributed by atoms with Crippen LogP contribution in [0.5, 0.6) is 0 Å². The normalized spacial score (nSPS) is 13.9. The van der Waals surface area contributed by atoms with Crippen molar-refractivity contribution in [1.29, 1.82) is 0 Å². The van der Waals surface area contributed by atoms with Crippen LogP contribution in [0.15, 0.2) is 104 Å². The molecule has 258 valence electrons. The standard InChI is InChI=1S/C43H50N6O/c1-4-5-6-7-28-48(43(50)37-21-17-35(18-22-37)32-49-34(3)45-41-31-44-25-23-42(41)49)29-11-13-38-12-10-14-40(46-38)39(24-30-47-26-8-9-27-47)36-19-15-33(2)16-20-36/h10-12,14-25,29,31H,4-9,13,26-28,30,32H2,1-3H3. The van der Waals surface area contributed by atoms with Crippen LogP contribution >= 0.6 is 0 Å². The summed E-state index contributed by atoms with van der Waals surface area (Å²) in [5.41, 5.74) is 9.35.